The molecule has 0 bridgehead atoms. The van der Waals surface area contributed by atoms with Gasteiger partial charge in [0.15, 0.2) is 0 Å². The number of benzene rings is 2. The molecule has 0 amide bonds. The molecule has 0 saturated heterocycles. The molecule has 0 spiro atoms. The molecule has 1 aromatic heterocycles. The van der Waals surface area contributed by atoms with Crippen molar-refractivity contribution in [3.05, 3.63) is 83.7 Å². The summed E-state index contributed by atoms with van der Waals surface area (Å²) < 4.78 is 5.84. The van der Waals surface area contributed by atoms with Gasteiger partial charge in [0, 0.05) is 36.1 Å². The van der Waals surface area contributed by atoms with Crippen LogP contribution >= 0.6 is 0 Å². The van der Waals surface area contributed by atoms with E-state index in [0.717, 1.165) is 43.1 Å². The van der Waals surface area contributed by atoms with Crippen LogP contribution in [0.3, 0.4) is 0 Å². The summed E-state index contributed by atoms with van der Waals surface area (Å²) in [6.45, 7) is 6.48. The minimum Gasteiger partial charge on any atom is -0.493 e. The van der Waals surface area contributed by atoms with Crippen LogP contribution in [0.25, 0.3) is 11.1 Å². The smallest absolute Gasteiger partial charge is 0.123 e. The number of aryl methyl sites for hydroxylation is 1. The van der Waals surface area contributed by atoms with Gasteiger partial charge in [-0.05, 0) is 36.6 Å². The van der Waals surface area contributed by atoms with Gasteiger partial charge in [0.1, 0.15) is 5.75 Å². The van der Waals surface area contributed by atoms with Gasteiger partial charge >= 0.3 is 0 Å². The largest absolute Gasteiger partial charge is 0.493 e. The fourth-order valence-electron chi connectivity index (χ4n) is 2.88. The average molecular weight is 346 g/mol. The first-order chi connectivity index (χ1) is 12.8. The molecule has 0 fully saturated rings. The van der Waals surface area contributed by atoms with Gasteiger partial charge in [-0.2, -0.15) is 0 Å². The molecule has 2 aromatic carbocycles. The molecule has 3 nitrogen and oxygen atoms in total. The number of ether oxygens (including phenoxy) is 1. The lowest BCUT2D eigenvalue weighted by molar-refractivity contribution is 0.313. The quantitative estimate of drug-likeness (QED) is 0.613. The zero-order chi connectivity index (χ0) is 18.2. The Hall–Kier alpha value is -2.65. The fraction of sp³-hybridized carbons (Fsp3) is 0.261. The first-order valence-corrected chi connectivity index (χ1v) is 9.20. The Morgan fingerprint density at radius 2 is 1.62 bits per heavy atom. The van der Waals surface area contributed by atoms with Crippen LogP contribution in [0.1, 0.15) is 30.2 Å². The molecule has 1 N–H and O–H groups in total. The predicted octanol–water partition coefficient (Wildman–Crippen LogP) is 5.14. The van der Waals surface area contributed by atoms with Crippen molar-refractivity contribution < 1.29 is 4.74 Å². The molecular weight excluding hydrogens is 320 g/mol. The summed E-state index contributed by atoms with van der Waals surface area (Å²) in [6.07, 6.45) is 2.96. The molecule has 3 aromatic rings. The summed E-state index contributed by atoms with van der Waals surface area (Å²) in [5.41, 5.74) is 5.82. The van der Waals surface area contributed by atoms with E-state index in [2.05, 4.69) is 66.6 Å². The lowest BCUT2D eigenvalue weighted by Crippen LogP contribution is -2.15. The molecule has 0 aliphatic carbocycles. The number of para-hydroxylation sites is 1. The fourth-order valence-corrected chi connectivity index (χ4v) is 2.88. The Morgan fingerprint density at radius 3 is 2.42 bits per heavy atom. The van der Waals surface area contributed by atoms with Crippen LogP contribution in [0.4, 0.5) is 0 Å². The van der Waals surface area contributed by atoms with E-state index < -0.39 is 0 Å². The lowest BCUT2D eigenvalue weighted by atomic mass is 10.0. The third-order valence-corrected chi connectivity index (χ3v) is 4.36. The van der Waals surface area contributed by atoms with Crippen LogP contribution in [-0.4, -0.2) is 11.6 Å². The van der Waals surface area contributed by atoms with Crippen molar-refractivity contribution in [2.75, 3.05) is 6.61 Å². The predicted molar refractivity (Wildman–Crippen MR) is 107 cm³/mol. The van der Waals surface area contributed by atoms with Crippen molar-refractivity contribution in [3.8, 4) is 16.9 Å². The van der Waals surface area contributed by atoms with Gasteiger partial charge in [-0.3, -0.25) is 4.98 Å². The maximum Gasteiger partial charge on any atom is 0.123 e. The molecule has 26 heavy (non-hydrogen) atoms. The zero-order valence-corrected chi connectivity index (χ0v) is 15.5. The van der Waals surface area contributed by atoms with Gasteiger partial charge < -0.3 is 10.1 Å². The zero-order valence-electron chi connectivity index (χ0n) is 15.5. The third kappa shape index (κ3) is 4.70. The van der Waals surface area contributed by atoms with Gasteiger partial charge in [-0.25, -0.2) is 0 Å². The van der Waals surface area contributed by atoms with E-state index in [4.69, 9.17) is 4.74 Å². The summed E-state index contributed by atoms with van der Waals surface area (Å²) in [4.78, 5) is 4.57. The van der Waals surface area contributed by atoms with Crippen molar-refractivity contribution >= 4 is 0 Å². The number of pyridine rings is 1. The Balaban J connectivity index is 1.67. The monoisotopic (exact) mass is 346 g/mol. The molecule has 0 radical (unpaired) electrons. The molecule has 0 saturated carbocycles. The summed E-state index contributed by atoms with van der Waals surface area (Å²) in [6, 6.07) is 20.8. The lowest BCUT2D eigenvalue weighted by Gasteiger charge is -2.13. The van der Waals surface area contributed by atoms with Gasteiger partial charge in [-0.1, -0.05) is 55.5 Å². The Bertz CT molecular complexity index is 831. The highest BCUT2D eigenvalue weighted by Gasteiger charge is 2.06. The molecule has 0 aliphatic rings. The minimum atomic E-state index is 0.749. The average Bonchev–Trinajstić information content (AvgIpc) is 2.69. The highest BCUT2D eigenvalue weighted by atomic mass is 16.5. The summed E-state index contributed by atoms with van der Waals surface area (Å²) in [7, 11) is 0. The second-order valence-electron chi connectivity index (χ2n) is 6.39. The van der Waals surface area contributed by atoms with Crippen LogP contribution < -0.4 is 10.1 Å². The molecule has 134 valence electrons. The van der Waals surface area contributed by atoms with Gasteiger partial charge in [0.25, 0.3) is 0 Å². The van der Waals surface area contributed by atoms with Crippen molar-refractivity contribution in [2.45, 2.75) is 33.4 Å². The molecule has 3 rings (SSSR count). The number of hydrogen-bond donors (Lipinski definition) is 1. The normalized spacial score (nSPS) is 10.7. The number of rotatable bonds is 8. The van der Waals surface area contributed by atoms with Crippen LogP contribution in [0, 0.1) is 6.92 Å². The highest BCUT2D eigenvalue weighted by Crippen LogP contribution is 2.21. The van der Waals surface area contributed by atoms with Gasteiger partial charge in [0.2, 0.25) is 0 Å². The molecule has 1 heterocycles. The van der Waals surface area contributed by atoms with Crippen molar-refractivity contribution in [1.82, 2.24) is 10.3 Å². The highest BCUT2D eigenvalue weighted by molar-refractivity contribution is 5.63. The van der Waals surface area contributed by atoms with E-state index in [0.29, 0.717) is 0 Å². The van der Waals surface area contributed by atoms with E-state index >= 15 is 0 Å². The van der Waals surface area contributed by atoms with Crippen LogP contribution in [0.5, 0.6) is 5.75 Å². The summed E-state index contributed by atoms with van der Waals surface area (Å²) in [5.74, 6) is 0.967. The van der Waals surface area contributed by atoms with E-state index in [1.807, 2.05) is 24.4 Å². The summed E-state index contributed by atoms with van der Waals surface area (Å²) in [5, 5.41) is 3.53. The molecule has 0 unspecified atom stereocenters. The van der Waals surface area contributed by atoms with E-state index in [1.165, 1.54) is 16.7 Å². The van der Waals surface area contributed by atoms with Crippen LogP contribution in [0.2, 0.25) is 0 Å². The van der Waals surface area contributed by atoms with Gasteiger partial charge in [0.05, 0.1) is 6.61 Å². The number of nitrogens with one attached hydrogen (secondary N) is 1. The molecular formula is C23H26N2O. The maximum atomic E-state index is 5.84. The van der Waals surface area contributed by atoms with Crippen LogP contribution in [-0.2, 0) is 13.1 Å². The first-order valence-electron chi connectivity index (χ1n) is 9.20. The van der Waals surface area contributed by atoms with Crippen molar-refractivity contribution in [1.29, 1.82) is 0 Å². The van der Waals surface area contributed by atoms with E-state index in [-0.39, 0.29) is 0 Å². The second kappa shape index (κ2) is 9.16. The topological polar surface area (TPSA) is 34.1 Å². The maximum absolute atomic E-state index is 5.84. The van der Waals surface area contributed by atoms with Crippen LogP contribution in [0.15, 0.2) is 66.9 Å². The number of hydrogen-bond acceptors (Lipinski definition) is 3. The second-order valence-corrected chi connectivity index (χ2v) is 6.39. The Labute approximate surface area is 156 Å². The first kappa shape index (κ1) is 18.2. The molecule has 3 heteroatoms. The van der Waals surface area contributed by atoms with Crippen molar-refractivity contribution in [3.63, 3.8) is 0 Å². The summed E-state index contributed by atoms with van der Waals surface area (Å²) >= 11 is 0. The Morgan fingerprint density at radius 1 is 0.885 bits per heavy atom. The number of nitrogens with zero attached hydrogens (tertiary/aromatic N) is 1. The van der Waals surface area contributed by atoms with E-state index in [9.17, 15) is 0 Å². The molecule has 0 aliphatic heterocycles. The minimum absolute atomic E-state index is 0.749. The SMILES string of the molecule is CCCOc1ccccc1CNCc1cc(-c2ccccc2)cnc1C. The van der Waals surface area contributed by atoms with E-state index in [1.54, 1.807) is 0 Å². The standard InChI is InChI=1S/C23H26N2O/c1-3-13-26-23-12-8-7-11-20(23)15-24-16-21-14-22(17-25-18(21)2)19-9-5-4-6-10-19/h4-12,14,17,24H,3,13,15-16H2,1-2H3. The molecule has 0 atom stereocenters. The number of aromatic nitrogens is 1. The van der Waals surface area contributed by atoms with Gasteiger partial charge in [-0.15, -0.1) is 0 Å². The third-order valence-electron chi connectivity index (χ3n) is 4.36. The van der Waals surface area contributed by atoms with Crippen molar-refractivity contribution in [2.24, 2.45) is 0 Å². The Kier molecular flexibility index (Phi) is 6.39.